The van der Waals surface area contributed by atoms with Gasteiger partial charge in [0, 0.05) is 36.0 Å². The van der Waals surface area contributed by atoms with E-state index in [-0.39, 0.29) is 0 Å². The Bertz CT molecular complexity index is 944. The summed E-state index contributed by atoms with van der Waals surface area (Å²) in [4.78, 5) is 12.3. The largest absolute Gasteiger partial charge is 0.497 e. The van der Waals surface area contributed by atoms with Gasteiger partial charge in [-0.15, -0.1) is 0 Å². The number of ether oxygens (including phenoxy) is 1. The van der Waals surface area contributed by atoms with Crippen LogP contribution in [0.5, 0.6) is 5.75 Å². The fraction of sp³-hybridized carbons (Fsp3) is 0.125. The van der Waals surface area contributed by atoms with Crippen molar-refractivity contribution in [3.63, 3.8) is 0 Å². The molecule has 5 nitrogen and oxygen atoms in total. The molecule has 4 aromatic rings. The topological polar surface area (TPSA) is 55.2 Å². The van der Waals surface area contributed by atoms with E-state index >= 15 is 0 Å². The highest BCUT2D eigenvalue weighted by atomic mass is 32.2. The third-order valence-electron chi connectivity index (χ3n) is 3.53. The minimum Gasteiger partial charge on any atom is -0.497 e. The first kappa shape index (κ1) is 13.2. The molecule has 0 fully saturated rings. The maximum absolute atomic E-state index is 5.23. The number of hydrogen-bond donors (Lipinski definition) is 1. The van der Waals surface area contributed by atoms with Gasteiger partial charge in [0.25, 0.3) is 0 Å². The molecule has 0 saturated carbocycles. The number of H-pyrrole nitrogens is 1. The molecule has 6 heteroatoms. The van der Waals surface area contributed by atoms with Crippen molar-refractivity contribution in [3.8, 4) is 5.75 Å². The smallest absolute Gasteiger partial charge is 0.166 e. The Labute approximate surface area is 131 Å². The quantitative estimate of drug-likeness (QED) is 0.586. The van der Waals surface area contributed by atoms with Crippen LogP contribution in [0.25, 0.3) is 16.7 Å². The lowest BCUT2D eigenvalue weighted by Gasteiger charge is -2.01. The summed E-state index contributed by atoms with van der Waals surface area (Å²) in [5.74, 6) is 1.65. The Kier molecular flexibility index (Phi) is 3.23. The first-order chi connectivity index (χ1) is 10.8. The van der Waals surface area contributed by atoms with E-state index in [0.717, 1.165) is 33.3 Å². The van der Waals surface area contributed by atoms with Crippen molar-refractivity contribution in [1.82, 2.24) is 19.4 Å². The Morgan fingerprint density at radius 2 is 2.23 bits per heavy atom. The van der Waals surface area contributed by atoms with E-state index < -0.39 is 0 Å². The van der Waals surface area contributed by atoms with Crippen molar-refractivity contribution in [1.29, 1.82) is 0 Å². The number of hydrogen-bond acceptors (Lipinski definition) is 4. The number of rotatable bonds is 4. The standard InChI is InChI=1S/C16H14N4OS/c1-21-12-4-5-13-14(9-12)19-16(18-13)22-10-11-3-2-7-20-8-6-17-15(11)20/h2-9H,10H2,1H3,(H,18,19). The summed E-state index contributed by atoms with van der Waals surface area (Å²) >= 11 is 1.67. The normalized spacial score (nSPS) is 11.3. The molecule has 0 atom stereocenters. The van der Waals surface area contributed by atoms with Gasteiger partial charge in [-0.1, -0.05) is 17.8 Å². The maximum atomic E-state index is 5.23. The van der Waals surface area contributed by atoms with Gasteiger partial charge in [-0.2, -0.15) is 0 Å². The average molecular weight is 310 g/mol. The van der Waals surface area contributed by atoms with Crippen molar-refractivity contribution in [2.45, 2.75) is 10.9 Å². The third kappa shape index (κ3) is 2.31. The third-order valence-corrected chi connectivity index (χ3v) is 4.45. The van der Waals surface area contributed by atoms with Gasteiger partial charge in [-0.05, 0) is 18.2 Å². The molecule has 0 amide bonds. The van der Waals surface area contributed by atoms with Gasteiger partial charge in [0.1, 0.15) is 11.4 Å². The van der Waals surface area contributed by atoms with Gasteiger partial charge in [0.15, 0.2) is 5.16 Å². The van der Waals surface area contributed by atoms with Crippen molar-refractivity contribution < 1.29 is 4.74 Å². The fourth-order valence-electron chi connectivity index (χ4n) is 2.43. The van der Waals surface area contributed by atoms with Crippen molar-refractivity contribution >= 4 is 28.4 Å². The number of fused-ring (bicyclic) bond motifs is 2. The first-order valence-corrected chi connectivity index (χ1v) is 7.89. The van der Waals surface area contributed by atoms with Crippen LogP contribution in [-0.4, -0.2) is 26.5 Å². The molecule has 0 aliphatic heterocycles. The predicted octanol–water partition coefficient (Wildman–Crippen LogP) is 3.51. The lowest BCUT2D eigenvalue weighted by atomic mass is 10.3. The van der Waals surface area contributed by atoms with E-state index in [1.165, 1.54) is 5.56 Å². The molecule has 0 aliphatic rings. The second-order valence-electron chi connectivity index (χ2n) is 4.91. The Morgan fingerprint density at radius 3 is 3.14 bits per heavy atom. The second kappa shape index (κ2) is 5.38. The van der Waals surface area contributed by atoms with Crippen LogP contribution in [0.4, 0.5) is 0 Å². The number of methoxy groups -OCH3 is 1. The number of aromatic nitrogens is 4. The molecular weight excluding hydrogens is 296 g/mol. The van der Waals surface area contributed by atoms with Crippen molar-refractivity contribution in [3.05, 3.63) is 54.5 Å². The van der Waals surface area contributed by atoms with Crippen LogP contribution < -0.4 is 4.74 Å². The zero-order chi connectivity index (χ0) is 14.9. The molecule has 0 unspecified atom stereocenters. The van der Waals surface area contributed by atoms with Crippen molar-refractivity contribution in [2.24, 2.45) is 0 Å². The molecule has 1 N–H and O–H groups in total. The van der Waals surface area contributed by atoms with E-state index in [1.54, 1.807) is 18.9 Å². The van der Waals surface area contributed by atoms with E-state index in [0.29, 0.717) is 0 Å². The van der Waals surface area contributed by atoms with Gasteiger partial charge >= 0.3 is 0 Å². The second-order valence-corrected chi connectivity index (χ2v) is 5.87. The first-order valence-electron chi connectivity index (χ1n) is 6.90. The van der Waals surface area contributed by atoms with Gasteiger partial charge in [-0.25, -0.2) is 9.97 Å². The highest BCUT2D eigenvalue weighted by Crippen LogP contribution is 2.26. The molecule has 0 spiro atoms. The van der Waals surface area contributed by atoms with Crippen LogP contribution in [-0.2, 0) is 5.75 Å². The van der Waals surface area contributed by atoms with Gasteiger partial charge in [0.2, 0.25) is 0 Å². The number of pyridine rings is 1. The summed E-state index contributed by atoms with van der Waals surface area (Å²) in [7, 11) is 1.67. The highest BCUT2D eigenvalue weighted by molar-refractivity contribution is 7.98. The van der Waals surface area contributed by atoms with Crippen LogP contribution in [0.3, 0.4) is 0 Å². The number of imidazole rings is 2. The highest BCUT2D eigenvalue weighted by Gasteiger charge is 2.07. The fourth-order valence-corrected chi connectivity index (χ4v) is 3.29. The Hall–Kier alpha value is -2.47. The van der Waals surface area contributed by atoms with Gasteiger partial charge in [-0.3, -0.25) is 0 Å². The minimum absolute atomic E-state index is 0.818. The summed E-state index contributed by atoms with van der Waals surface area (Å²) in [5, 5.41) is 0.900. The van der Waals surface area contributed by atoms with E-state index in [2.05, 4.69) is 21.0 Å². The maximum Gasteiger partial charge on any atom is 0.166 e. The van der Waals surface area contributed by atoms with Crippen LogP contribution >= 0.6 is 11.8 Å². The van der Waals surface area contributed by atoms with E-state index in [4.69, 9.17) is 4.74 Å². The lowest BCUT2D eigenvalue weighted by Crippen LogP contribution is -1.89. The number of benzene rings is 1. The van der Waals surface area contributed by atoms with Crippen LogP contribution in [0.2, 0.25) is 0 Å². The lowest BCUT2D eigenvalue weighted by molar-refractivity contribution is 0.415. The number of thioether (sulfide) groups is 1. The average Bonchev–Trinajstić information content (AvgIpc) is 3.18. The molecule has 0 aliphatic carbocycles. The zero-order valence-electron chi connectivity index (χ0n) is 12.0. The molecular formula is C16H14N4OS. The van der Waals surface area contributed by atoms with Crippen LogP contribution in [0, 0.1) is 0 Å². The van der Waals surface area contributed by atoms with Crippen LogP contribution in [0.1, 0.15) is 5.56 Å². The summed E-state index contributed by atoms with van der Waals surface area (Å²) in [6.07, 6.45) is 5.78. The number of aromatic amines is 1. The molecule has 0 radical (unpaired) electrons. The van der Waals surface area contributed by atoms with Gasteiger partial charge < -0.3 is 14.1 Å². The molecule has 0 bridgehead atoms. The number of nitrogens with one attached hydrogen (secondary N) is 1. The molecule has 110 valence electrons. The SMILES string of the molecule is COc1ccc2nc(SCc3cccn4ccnc34)[nH]c2c1. The Balaban J connectivity index is 1.60. The zero-order valence-corrected chi connectivity index (χ0v) is 12.8. The molecule has 3 heterocycles. The monoisotopic (exact) mass is 310 g/mol. The Morgan fingerprint density at radius 1 is 1.27 bits per heavy atom. The molecule has 1 aromatic carbocycles. The minimum atomic E-state index is 0.818. The van der Waals surface area contributed by atoms with E-state index in [9.17, 15) is 0 Å². The summed E-state index contributed by atoms with van der Waals surface area (Å²) < 4.78 is 7.26. The summed E-state index contributed by atoms with van der Waals surface area (Å²) in [6, 6.07) is 9.98. The molecule has 4 rings (SSSR count). The summed E-state index contributed by atoms with van der Waals surface area (Å²) in [5.41, 5.74) is 4.12. The summed E-state index contributed by atoms with van der Waals surface area (Å²) in [6.45, 7) is 0. The molecule has 22 heavy (non-hydrogen) atoms. The van der Waals surface area contributed by atoms with Gasteiger partial charge in [0.05, 0.1) is 18.1 Å². The predicted molar refractivity (Wildman–Crippen MR) is 87.4 cm³/mol. The molecule has 3 aromatic heterocycles. The van der Waals surface area contributed by atoms with Crippen LogP contribution in [0.15, 0.2) is 54.1 Å². The number of nitrogens with zero attached hydrogens (tertiary/aromatic N) is 3. The van der Waals surface area contributed by atoms with Crippen molar-refractivity contribution in [2.75, 3.05) is 7.11 Å². The van der Waals surface area contributed by atoms with E-state index in [1.807, 2.05) is 47.3 Å². The molecule has 0 saturated heterocycles.